The molecule has 10 aromatic carbocycles. The number of hydrogen-bond acceptors (Lipinski definition) is 1. The Morgan fingerprint density at radius 3 is 1.86 bits per heavy atom. The smallest absolute Gasteiger partial charge is 0.0547 e. The summed E-state index contributed by atoms with van der Waals surface area (Å²) in [4.78, 5) is 2.47. The van der Waals surface area contributed by atoms with Gasteiger partial charge in [0.05, 0.1) is 11.0 Å². The van der Waals surface area contributed by atoms with Crippen molar-refractivity contribution in [3.05, 3.63) is 296 Å². The highest BCUT2D eigenvalue weighted by atomic mass is 15.1. The van der Waals surface area contributed by atoms with Crippen LogP contribution in [0, 0.1) is 5.92 Å². The fourth-order valence-electron chi connectivity index (χ4n) is 11.1. The first kappa shape index (κ1) is 41.2. The van der Waals surface area contributed by atoms with Crippen LogP contribution in [0.1, 0.15) is 17.0 Å². The molecule has 70 heavy (non-hydrogen) atoms. The minimum atomic E-state index is 0.0973. The molecule has 0 bridgehead atoms. The molecule has 0 aliphatic heterocycles. The van der Waals surface area contributed by atoms with Crippen LogP contribution < -0.4 is 4.90 Å². The molecule has 0 saturated carbocycles. The van der Waals surface area contributed by atoms with Crippen LogP contribution in [0.4, 0.5) is 17.1 Å². The lowest BCUT2D eigenvalue weighted by Crippen LogP contribution is -2.21. The van der Waals surface area contributed by atoms with Gasteiger partial charge in [0.1, 0.15) is 0 Å². The van der Waals surface area contributed by atoms with Crippen LogP contribution in [-0.2, 0) is 0 Å². The molecule has 2 atom stereocenters. The van der Waals surface area contributed by atoms with Gasteiger partial charge in [-0.1, -0.05) is 225 Å². The second-order valence-electron chi connectivity index (χ2n) is 18.4. The maximum atomic E-state index is 2.47. The van der Waals surface area contributed by atoms with Gasteiger partial charge in [0.2, 0.25) is 0 Å². The highest BCUT2D eigenvalue weighted by molar-refractivity contribution is 6.10. The number of nitrogens with zero attached hydrogens (tertiary/aromatic N) is 2. The van der Waals surface area contributed by atoms with E-state index in [4.69, 9.17) is 0 Å². The molecular formula is C68H48N2. The molecule has 0 radical (unpaired) electrons. The zero-order valence-corrected chi connectivity index (χ0v) is 38.6. The lowest BCUT2D eigenvalue weighted by Gasteiger charge is -2.36. The zero-order chi connectivity index (χ0) is 46.4. The number of benzene rings is 10. The van der Waals surface area contributed by atoms with E-state index in [0.29, 0.717) is 0 Å². The van der Waals surface area contributed by atoms with E-state index in [9.17, 15) is 0 Å². The Morgan fingerprint density at radius 1 is 0.386 bits per heavy atom. The van der Waals surface area contributed by atoms with E-state index in [0.717, 1.165) is 28.3 Å². The van der Waals surface area contributed by atoms with Gasteiger partial charge in [-0.05, 0) is 121 Å². The average molecular weight is 893 g/mol. The fraction of sp³-hybridized carbons (Fsp3) is 0.0294. The summed E-state index contributed by atoms with van der Waals surface area (Å²) in [6, 6.07) is 88.8. The first-order valence-electron chi connectivity index (χ1n) is 24.3. The van der Waals surface area contributed by atoms with Gasteiger partial charge in [0.15, 0.2) is 0 Å². The van der Waals surface area contributed by atoms with Gasteiger partial charge < -0.3 is 9.47 Å². The molecule has 13 rings (SSSR count). The van der Waals surface area contributed by atoms with Crippen molar-refractivity contribution in [3.63, 3.8) is 0 Å². The average Bonchev–Trinajstić information content (AvgIpc) is 3.77. The third kappa shape index (κ3) is 7.30. The molecule has 0 amide bonds. The second kappa shape index (κ2) is 17.6. The zero-order valence-electron chi connectivity index (χ0n) is 38.6. The van der Waals surface area contributed by atoms with Gasteiger partial charge in [-0.3, -0.25) is 0 Å². The molecule has 2 heteroatoms. The van der Waals surface area contributed by atoms with E-state index in [-0.39, 0.29) is 11.8 Å². The first-order chi connectivity index (χ1) is 34.7. The standard InChI is InChI=1S/C68H48N2/c1-3-17-50(18-4-1)60-31-15-21-52-22-16-32-64(68(52)60)62-29-10-11-33-65(62)69(56-42-39-48(40-43-56)47-35-37-51(38-36-47)59-30-14-20-49-19-7-8-27-58(49)59)57-26-13-23-53(45-57)54-41-44-63-61-28-9-12-34-66(61)70(67(63)46-54)55-24-5-2-6-25-55/h1-46,64,68H. The summed E-state index contributed by atoms with van der Waals surface area (Å²) >= 11 is 0. The quantitative estimate of drug-likeness (QED) is 0.140. The SMILES string of the molecule is C1=CC2=CC=CC(c3ccccc3N(c3ccc(-c4ccc(-c5cccc6ccccc56)cc4)cc3)c3cccc(-c4ccc5c6ccccc6n(-c6ccccc6)c5c4)c3)C2C(c2ccccc2)=C1. The van der Waals surface area contributed by atoms with Crippen molar-refractivity contribution in [2.24, 2.45) is 5.92 Å². The van der Waals surface area contributed by atoms with Crippen molar-refractivity contribution in [2.75, 3.05) is 4.90 Å². The summed E-state index contributed by atoms with van der Waals surface area (Å²) < 4.78 is 2.40. The molecule has 1 aromatic heterocycles. The van der Waals surface area contributed by atoms with Gasteiger partial charge >= 0.3 is 0 Å². The molecule has 11 aromatic rings. The molecule has 0 fully saturated rings. The van der Waals surface area contributed by atoms with Crippen LogP contribution in [0.15, 0.2) is 285 Å². The number of para-hydroxylation sites is 3. The Balaban J connectivity index is 0.930. The molecular weight excluding hydrogens is 845 g/mol. The van der Waals surface area contributed by atoms with Crippen molar-refractivity contribution in [1.29, 1.82) is 0 Å². The molecule has 1 heterocycles. The summed E-state index contributed by atoms with van der Waals surface area (Å²) in [7, 11) is 0. The Labute approximate surface area is 409 Å². The van der Waals surface area contributed by atoms with E-state index >= 15 is 0 Å². The van der Waals surface area contributed by atoms with Crippen molar-refractivity contribution in [3.8, 4) is 39.1 Å². The first-order valence-corrected chi connectivity index (χ1v) is 24.3. The largest absolute Gasteiger partial charge is 0.310 e. The molecule has 2 nitrogen and oxygen atoms in total. The molecule has 2 aliphatic rings. The van der Waals surface area contributed by atoms with Gasteiger partial charge in [0, 0.05) is 45.4 Å². The fourth-order valence-corrected chi connectivity index (χ4v) is 11.1. The number of fused-ring (bicyclic) bond motifs is 5. The number of hydrogen-bond donors (Lipinski definition) is 0. The summed E-state index contributed by atoms with van der Waals surface area (Å²) in [6.45, 7) is 0. The van der Waals surface area contributed by atoms with Crippen LogP contribution in [0.25, 0.3) is 77.2 Å². The van der Waals surface area contributed by atoms with E-state index in [1.165, 1.54) is 82.7 Å². The number of anilines is 3. The van der Waals surface area contributed by atoms with Gasteiger partial charge in [-0.2, -0.15) is 0 Å². The molecule has 0 saturated heterocycles. The Kier molecular flexibility index (Phi) is 10.4. The molecule has 0 spiro atoms. The summed E-state index contributed by atoms with van der Waals surface area (Å²) in [5.41, 5.74) is 19.3. The third-order valence-corrected chi connectivity index (χ3v) is 14.4. The molecule has 0 N–H and O–H groups in total. The normalized spacial score (nSPS) is 15.2. The topological polar surface area (TPSA) is 8.17 Å². The highest BCUT2D eigenvalue weighted by Crippen LogP contribution is 2.50. The van der Waals surface area contributed by atoms with Crippen molar-refractivity contribution < 1.29 is 0 Å². The Morgan fingerprint density at radius 2 is 1.01 bits per heavy atom. The minimum absolute atomic E-state index is 0.0973. The van der Waals surface area contributed by atoms with E-state index in [2.05, 4.69) is 289 Å². The predicted molar refractivity (Wildman–Crippen MR) is 296 cm³/mol. The number of aromatic nitrogens is 1. The Bertz CT molecular complexity index is 3860. The molecule has 330 valence electrons. The van der Waals surface area contributed by atoms with Crippen molar-refractivity contribution in [2.45, 2.75) is 5.92 Å². The van der Waals surface area contributed by atoms with Crippen molar-refractivity contribution in [1.82, 2.24) is 4.57 Å². The highest BCUT2D eigenvalue weighted by Gasteiger charge is 2.33. The number of allylic oxidation sites excluding steroid dienone is 8. The van der Waals surface area contributed by atoms with Crippen LogP contribution in [0.5, 0.6) is 0 Å². The van der Waals surface area contributed by atoms with Gasteiger partial charge in [-0.15, -0.1) is 0 Å². The lowest BCUT2D eigenvalue weighted by molar-refractivity contribution is 0.687. The number of rotatable bonds is 9. The Hall–Kier alpha value is -8.98. The predicted octanol–water partition coefficient (Wildman–Crippen LogP) is 18.3. The molecule has 2 aliphatic carbocycles. The van der Waals surface area contributed by atoms with Crippen LogP contribution in [0.3, 0.4) is 0 Å². The van der Waals surface area contributed by atoms with Crippen LogP contribution >= 0.6 is 0 Å². The monoisotopic (exact) mass is 892 g/mol. The minimum Gasteiger partial charge on any atom is -0.310 e. The third-order valence-electron chi connectivity index (χ3n) is 14.4. The van der Waals surface area contributed by atoms with Crippen LogP contribution in [0.2, 0.25) is 0 Å². The van der Waals surface area contributed by atoms with Crippen molar-refractivity contribution >= 4 is 55.2 Å². The molecule has 2 unspecified atom stereocenters. The van der Waals surface area contributed by atoms with Gasteiger partial charge in [-0.25, -0.2) is 0 Å². The van der Waals surface area contributed by atoms with Crippen LogP contribution in [-0.4, -0.2) is 4.57 Å². The lowest BCUT2D eigenvalue weighted by atomic mass is 9.70. The summed E-state index contributed by atoms with van der Waals surface area (Å²) in [5.74, 6) is 0.258. The maximum Gasteiger partial charge on any atom is 0.0547 e. The van der Waals surface area contributed by atoms with Gasteiger partial charge in [0.25, 0.3) is 0 Å². The van der Waals surface area contributed by atoms with E-state index in [1.807, 2.05) is 0 Å². The summed E-state index contributed by atoms with van der Waals surface area (Å²) in [5, 5.41) is 5.02. The van der Waals surface area contributed by atoms with E-state index < -0.39 is 0 Å². The van der Waals surface area contributed by atoms with E-state index in [1.54, 1.807) is 0 Å². The second-order valence-corrected chi connectivity index (χ2v) is 18.4. The maximum absolute atomic E-state index is 2.47. The summed E-state index contributed by atoms with van der Waals surface area (Å²) in [6.07, 6.45) is 13.8.